The van der Waals surface area contributed by atoms with E-state index in [1.54, 1.807) is 17.5 Å². The van der Waals surface area contributed by atoms with Crippen LogP contribution in [0.2, 0.25) is 0 Å². The van der Waals surface area contributed by atoms with E-state index in [1.165, 1.54) is 0 Å². The fourth-order valence-electron chi connectivity index (χ4n) is 1.89. The summed E-state index contributed by atoms with van der Waals surface area (Å²) in [4.78, 5) is 4.57. The molecule has 2 heterocycles. The molecule has 1 N–H and O–H groups in total. The normalized spacial score (nSPS) is 11.2. The number of nitrogens with zero attached hydrogens (tertiary/aromatic N) is 3. The van der Waals surface area contributed by atoms with Gasteiger partial charge in [-0.25, -0.2) is 4.98 Å². The van der Waals surface area contributed by atoms with Gasteiger partial charge in [0.05, 0.1) is 18.1 Å². The summed E-state index contributed by atoms with van der Waals surface area (Å²) in [6.45, 7) is 9.80. The van der Waals surface area contributed by atoms with E-state index in [9.17, 15) is 0 Å². The molecule has 0 radical (unpaired) electrons. The van der Waals surface area contributed by atoms with Crippen LogP contribution in [0.4, 0.5) is 0 Å². The van der Waals surface area contributed by atoms with Gasteiger partial charge in [0.25, 0.3) is 0 Å². The summed E-state index contributed by atoms with van der Waals surface area (Å²) in [6.07, 6.45) is 4.76. The maximum absolute atomic E-state index is 5.72. The van der Waals surface area contributed by atoms with Gasteiger partial charge in [0, 0.05) is 18.5 Å². The van der Waals surface area contributed by atoms with Gasteiger partial charge in [0.2, 0.25) is 0 Å². The van der Waals surface area contributed by atoms with E-state index < -0.39 is 0 Å². The van der Waals surface area contributed by atoms with Crippen LogP contribution >= 0.6 is 11.3 Å². The van der Waals surface area contributed by atoms with Crippen molar-refractivity contribution in [3.05, 3.63) is 28.5 Å². The van der Waals surface area contributed by atoms with Crippen molar-refractivity contribution >= 4 is 11.3 Å². The zero-order chi connectivity index (χ0) is 15.1. The largest absolute Gasteiger partial charge is 0.484 e. The van der Waals surface area contributed by atoms with Crippen LogP contribution in [0.5, 0.6) is 5.75 Å². The molecule has 0 amide bonds. The summed E-state index contributed by atoms with van der Waals surface area (Å²) in [7, 11) is 0. The fraction of sp³-hybridized carbons (Fsp3) is 0.600. The van der Waals surface area contributed by atoms with Gasteiger partial charge in [-0.15, -0.1) is 11.3 Å². The van der Waals surface area contributed by atoms with Crippen molar-refractivity contribution in [3.63, 3.8) is 0 Å². The number of rotatable bonds is 9. The molecule has 2 aromatic rings. The average molecular weight is 308 g/mol. The second-order valence-electron chi connectivity index (χ2n) is 5.49. The lowest BCUT2D eigenvalue weighted by Crippen LogP contribution is -2.18. The summed E-state index contributed by atoms with van der Waals surface area (Å²) < 4.78 is 7.62. The van der Waals surface area contributed by atoms with Crippen LogP contribution in [0, 0.1) is 5.92 Å². The number of aryl methyl sites for hydroxylation is 1. The highest BCUT2D eigenvalue weighted by molar-refractivity contribution is 7.09. The van der Waals surface area contributed by atoms with Crippen molar-refractivity contribution < 1.29 is 4.74 Å². The van der Waals surface area contributed by atoms with Gasteiger partial charge in [-0.1, -0.05) is 20.8 Å². The molecule has 0 saturated heterocycles. The Balaban J connectivity index is 1.76. The Morgan fingerprint density at radius 3 is 3.05 bits per heavy atom. The quantitative estimate of drug-likeness (QED) is 0.773. The van der Waals surface area contributed by atoms with Gasteiger partial charge in [0.1, 0.15) is 11.6 Å². The molecule has 0 aliphatic heterocycles. The van der Waals surface area contributed by atoms with E-state index in [4.69, 9.17) is 4.74 Å². The van der Waals surface area contributed by atoms with E-state index in [1.807, 2.05) is 10.9 Å². The third kappa shape index (κ3) is 5.47. The van der Waals surface area contributed by atoms with Gasteiger partial charge >= 0.3 is 0 Å². The maximum Gasteiger partial charge on any atom is 0.157 e. The lowest BCUT2D eigenvalue weighted by Gasteiger charge is -2.04. The van der Waals surface area contributed by atoms with E-state index in [0.717, 1.165) is 42.5 Å². The van der Waals surface area contributed by atoms with Crippen LogP contribution in [0.1, 0.15) is 37.9 Å². The number of aromatic nitrogens is 3. The second kappa shape index (κ2) is 8.14. The smallest absolute Gasteiger partial charge is 0.157 e. The fourth-order valence-corrected chi connectivity index (χ4v) is 2.64. The SMILES string of the molecule is CCCn1cc(OCc2csc(CNCC(C)C)n2)cn1. The first-order valence-electron chi connectivity index (χ1n) is 7.46. The van der Waals surface area contributed by atoms with Crippen LogP contribution in [0.15, 0.2) is 17.8 Å². The number of hydrogen-bond acceptors (Lipinski definition) is 5. The van der Waals surface area contributed by atoms with Crippen LogP contribution in [0.3, 0.4) is 0 Å². The van der Waals surface area contributed by atoms with Crippen molar-refractivity contribution in [2.24, 2.45) is 5.92 Å². The molecule has 6 heteroatoms. The number of thiazole rings is 1. The lowest BCUT2D eigenvalue weighted by atomic mass is 10.2. The number of ether oxygens (including phenoxy) is 1. The second-order valence-corrected chi connectivity index (χ2v) is 6.43. The summed E-state index contributed by atoms with van der Waals surface area (Å²) in [5.41, 5.74) is 0.976. The summed E-state index contributed by atoms with van der Waals surface area (Å²) >= 11 is 1.68. The Morgan fingerprint density at radius 1 is 1.43 bits per heavy atom. The standard InChI is InChI=1S/C15H24N4OS/c1-4-5-19-9-14(7-17-19)20-10-13-11-21-15(18-13)8-16-6-12(2)3/h7,9,11-12,16H,4-6,8,10H2,1-3H3. The van der Waals surface area contributed by atoms with Crippen molar-refractivity contribution in [2.75, 3.05) is 6.54 Å². The topological polar surface area (TPSA) is 52.0 Å². The molecule has 0 unspecified atom stereocenters. The minimum atomic E-state index is 0.499. The van der Waals surface area contributed by atoms with Crippen molar-refractivity contribution in [2.45, 2.75) is 46.9 Å². The summed E-state index contributed by atoms with van der Waals surface area (Å²) in [5, 5.41) is 10.8. The third-order valence-electron chi connectivity index (χ3n) is 2.88. The Kier molecular flexibility index (Phi) is 6.20. The predicted molar refractivity (Wildman–Crippen MR) is 85.5 cm³/mol. The molecule has 0 fully saturated rings. The molecular formula is C15H24N4OS. The first-order valence-corrected chi connectivity index (χ1v) is 8.34. The molecule has 2 rings (SSSR count). The van der Waals surface area contributed by atoms with E-state index in [0.29, 0.717) is 12.5 Å². The molecule has 21 heavy (non-hydrogen) atoms. The zero-order valence-corrected chi connectivity index (χ0v) is 13.8. The van der Waals surface area contributed by atoms with Crippen molar-refractivity contribution in [1.82, 2.24) is 20.1 Å². The van der Waals surface area contributed by atoms with E-state index in [-0.39, 0.29) is 0 Å². The lowest BCUT2D eigenvalue weighted by molar-refractivity contribution is 0.301. The first-order chi connectivity index (χ1) is 10.2. The highest BCUT2D eigenvalue weighted by Crippen LogP contribution is 2.14. The molecule has 0 bridgehead atoms. The molecule has 0 spiro atoms. The first kappa shape index (κ1) is 16.0. The van der Waals surface area contributed by atoms with E-state index >= 15 is 0 Å². The Bertz CT molecular complexity index is 535. The molecule has 2 aromatic heterocycles. The number of hydrogen-bond donors (Lipinski definition) is 1. The number of nitrogens with one attached hydrogen (secondary N) is 1. The molecular weight excluding hydrogens is 284 g/mol. The Hall–Kier alpha value is -1.40. The molecule has 0 aliphatic carbocycles. The van der Waals surface area contributed by atoms with Gasteiger partial charge in [0.15, 0.2) is 5.75 Å². The molecule has 0 aromatic carbocycles. The van der Waals surface area contributed by atoms with Crippen LogP contribution in [-0.2, 0) is 19.7 Å². The molecule has 0 aliphatic rings. The predicted octanol–water partition coefficient (Wildman–Crippen LogP) is 3.07. The Morgan fingerprint density at radius 2 is 2.29 bits per heavy atom. The van der Waals surface area contributed by atoms with Crippen LogP contribution in [-0.4, -0.2) is 21.3 Å². The van der Waals surface area contributed by atoms with Crippen LogP contribution < -0.4 is 10.1 Å². The third-order valence-corrected chi connectivity index (χ3v) is 3.77. The molecule has 116 valence electrons. The van der Waals surface area contributed by atoms with Gasteiger partial charge in [-0.3, -0.25) is 4.68 Å². The van der Waals surface area contributed by atoms with E-state index in [2.05, 4.69) is 41.6 Å². The van der Waals surface area contributed by atoms with Crippen LogP contribution in [0.25, 0.3) is 0 Å². The molecule has 5 nitrogen and oxygen atoms in total. The van der Waals surface area contributed by atoms with Gasteiger partial charge in [-0.05, 0) is 18.9 Å². The summed E-state index contributed by atoms with van der Waals surface area (Å²) in [6, 6.07) is 0. The minimum Gasteiger partial charge on any atom is -0.484 e. The molecule has 0 atom stereocenters. The summed E-state index contributed by atoms with van der Waals surface area (Å²) in [5.74, 6) is 1.46. The minimum absolute atomic E-state index is 0.499. The average Bonchev–Trinajstić information content (AvgIpc) is 3.06. The van der Waals surface area contributed by atoms with Crippen molar-refractivity contribution in [3.8, 4) is 5.75 Å². The maximum atomic E-state index is 5.72. The highest BCUT2D eigenvalue weighted by Gasteiger charge is 2.05. The highest BCUT2D eigenvalue weighted by atomic mass is 32.1. The van der Waals surface area contributed by atoms with Crippen molar-refractivity contribution in [1.29, 1.82) is 0 Å². The van der Waals surface area contributed by atoms with Gasteiger partial charge < -0.3 is 10.1 Å². The van der Waals surface area contributed by atoms with Gasteiger partial charge in [-0.2, -0.15) is 5.10 Å². The molecule has 0 saturated carbocycles. The monoisotopic (exact) mass is 308 g/mol. The zero-order valence-electron chi connectivity index (χ0n) is 13.0. The Labute approximate surface area is 130 Å².